The first-order valence-electron chi connectivity index (χ1n) is 4.28. The van der Waals surface area contributed by atoms with Crippen molar-refractivity contribution in [3.05, 3.63) is 29.3 Å². The molecule has 1 N–H and O–H groups in total. The van der Waals surface area contributed by atoms with Crippen LogP contribution in [0.4, 0.5) is 5.82 Å². The molecule has 2 heterocycles. The lowest BCUT2D eigenvalue weighted by Crippen LogP contribution is -1.98. The third-order valence-electron chi connectivity index (χ3n) is 1.77. The van der Waals surface area contributed by atoms with Crippen molar-refractivity contribution >= 4 is 21.7 Å². The van der Waals surface area contributed by atoms with Gasteiger partial charge in [0, 0.05) is 25.6 Å². The van der Waals surface area contributed by atoms with Crippen LogP contribution in [0.3, 0.4) is 0 Å². The maximum absolute atomic E-state index is 4.29. The minimum atomic E-state index is 0.552. The molecule has 0 bridgehead atoms. The first-order chi connectivity index (χ1) is 7.31. The highest BCUT2D eigenvalue weighted by atomic mass is 79.9. The minimum absolute atomic E-state index is 0.552. The van der Waals surface area contributed by atoms with E-state index in [9.17, 15) is 0 Å². The third-order valence-corrected chi connectivity index (χ3v) is 2.35. The fraction of sp³-hybridized carbons (Fsp3) is 0.111. The second kappa shape index (κ2) is 4.31. The van der Waals surface area contributed by atoms with E-state index in [2.05, 4.69) is 41.2 Å². The van der Waals surface area contributed by atoms with Crippen molar-refractivity contribution in [2.45, 2.75) is 0 Å². The largest absolute Gasteiger partial charge is 0.372 e. The van der Waals surface area contributed by atoms with Crippen LogP contribution in [-0.2, 0) is 0 Å². The lowest BCUT2D eigenvalue weighted by Gasteiger charge is -2.03. The van der Waals surface area contributed by atoms with E-state index >= 15 is 0 Å². The Bertz CT molecular complexity index is 459. The summed E-state index contributed by atoms with van der Waals surface area (Å²) in [5, 5.41) is 2.96. The molecule has 0 atom stereocenters. The minimum Gasteiger partial charge on any atom is -0.372 e. The third kappa shape index (κ3) is 2.10. The summed E-state index contributed by atoms with van der Waals surface area (Å²) < 4.78 is 0.817. The predicted octanol–water partition coefficient (Wildman–Crippen LogP) is 1.74. The van der Waals surface area contributed by atoms with Crippen LogP contribution in [0.2, 0.25) is 0 Å². The molecule has 2 aromatic heterocycles. The summed E-state index contributed by atoms with van der Waals surface area (Å²) in [5.74, 6) is 1.28. The monoisotopic (exact) mass is 265 g/mol. The number of nitrogens with zero attached hydrogens (tertiary/aromatic N) is 4. The lowest BCUT2D eigenvalue weighted by atomic mass is 10.4. The summed E-state index contributed by atoms with van der Waals surface area (Å²) in [6.07, 6.45) is 6.53. The van der Waals surface area contributed by atoms with Crippen LogP contribution in [0.1, 0.15) is 0 Å². The van der Waals surface area contributed by atoms with Crippen LogP contribution in [0, 0.1) is 0 Å². The number of hydrogen-bond acceptors (Lipinski definition) is 5. The van der Waals surface area contributed by atoms with Crippen molar-refractivity contribution in [1.82, 2.24) is 19.9 Å². The second-order valence-corrected chi connectivity index (χ2v) is 3.59. The topological polar surface area (TPSA) is 63.6 Å². The Morgan fingerprint density at radius 3 is 2.73 bits per heavy atom. The molecule has 0 spiro atoms. The van der Waals surface area contributed by atoms with E-state index in [0.29, 0.717) is 11.5 Å². The Hall–Kier alpha value is -1.56. The van der Waals surface area contributed by atoms with Crippen molar-refractivity contribution in [2.24, 2.45) is 0 Å². The first kappa shape index (κ1) is 9.97. The highest BCUT2D eigenvalue weighted by Crippen LogP contribution is 2.20. The fourth-order valence-electron chi connectivity index (χ4n) is 1.08. The van der Waals surface area contributed by atoms with Gasteiger partial charge in [-0.05, 0) is 15.9 Å². The molecule has 0 aliphatic rings. The van der Waals surface area contributed by atoms with Gasteiger partial charge in [0.15, 0.2) is 5.82 Å². The zero-order valence-electron chi connectivity index (χ0n) is 7.98. The fourth-order valence-corrected chi connectivity index (χ4v) is 1.47. The number of nitrogens with one attached hydrogen (secondary N) is 1. The molecule has 0 aromatic carbocycles. The zero-order valence-corrected chi connectivity index (χ0v) is 9.56. The van der Waals surface area contributed by atoms with E-state index in [1.54, 1.807) is 31.8 Å². The second-order valence-electron chi connectivity index (χ2n) is 2.73. The molecule has 5 nitrogen and oxygen atoms in total. The van der Waals surface area contributed by atoms with Crippen molar-refractivity contribution in [3.63, 3.8) is 0 Å². The summed E-state index contributed by atoms with van der Waals surface area (Å²) in [6, 6.07) is 0. The van der Waals surface area contributed by atoms with Gasteiger partial charge in [-0.1, -0.05) is 0 Å². The maximum Gasteiger partial charge on any atom is 0.181 e. The molecule has 15 heavy (non-hydrogen) atoms. The van der Waals surface area contributed by atoms with Crippen molar-refractivity contribution < 1.29 is 0 Å². The van der Waals surface area contributed by atoms with Gasteiger partial charge in [0.1, 0.15) is 11.5 Å². The van der Waals surface area contributed by atoms with E-state index in [4.69, 9.17) is 0 Å². The number of anilines is 1. The maximum atomic E-state index is 4.29. The van der Waals surface area contributed by atoms with Crippen LogP contribution < -0.4 is 5.32 Å². The Morgan fingerprint density at radius 2 is 2.07 bits per heavy atom. The van der Waals surface area contributed by atoms with Crippen LogP contribution in [-0.4, -0.2) is 27.0 Å². The SMILES string of the molecule is CNc1nc(-c2cnccn2)ncc1Br. The molecule has 0 aliphatic carbocycles. The number of halogens is 1. The highest BCUT2D eigenvalue weighted by Gasteiger charge is 2.06. The van der Waals surface area contributed by atoms with Crippen LogP contribution in [0.25, 0.3) is 11.5 Å². The molecule has 76 valence electrons. The summed E-state index contributed by atoms with van der Waals surface area (Å²) in [7, 11) is 1.80. The normalized spacial score (nSPS) is 10.0. The summed E-state index contributed by atoms with van der Waals surface area (Å²) >= 11 is 3.34. The van der Waals surface area contributed by atoms with Crippen molar-refractivity contribution in [1.29, 1.82) is 0 Å². The summed E-state index contributed by atoms with van der Waals surface area (Å²) in [6.45, 7) is 0. The van der Waals surface area contributed by atoms with Crippen LogP contribution >= 0.6 is 15.9 Å². The Labute approximate surface area is 95.1 Å². The van der Waals surface area contributed by atoms with Crippen LogP contribution in [0.5, 0.6) is 0 Å². The summed E-state index contributed by atoms with van der Waals surface area (Å²) in [4.78, 5) is 16.5. The van der Waals surface area contributed by atoms with Gasteiger partial charge in [0.2, 0.25) is 0 Å². The van der Waals surface area contributed by atoms with E-state index in [1.807, 2.05) is 0 Å². The average Bonchev–Trinajstić information content (AvgIpc) is 2.31. The zero-order chi connectivity index (χ0) is 10.7. The molecular weight excluding hydrogens is 258 g/mol. The van der Waals surface area contributed by atoms with E-state index in [1.165, 1.54) is 0 Å². The number of hydrogen-bond donors (Lipinski definition) is 1. The van der Waals surface area contributed by atoms with Gasteiger partial charge in [-0.25, -0.2) is 15.0 Å². The van der Waals surface area contributed by atoms with Gasteiger partial charge in [0.25, 0.3) is 0 Å². The average molecular weight is 266 g/mol. The number of aromatic nitrogens is 4. The lowest BCUT2D eigenvalue weighted by molar-refractivity contribution is 1.10. The van der Waals surface area contributed by atoms with E-state index in [0.717, 1.165) is 10.3 Å². The molecular formula is C9H8BrN5. The Kier molecular flexibility index (Phi) is 2.86. The van der Waals surface area contributed by atoms with Crippen molar-refractivity contribution in [3.8, 4) is 11.5 Å². The Morgan fingerprint density at radius 1 is 1.20 bits per heavy atom. The van der Waals surface area contributed by atoms with E-state index in [-0.39, 0.29) is 0 Å². The van der Waals surface area contributed by atoms with E-state index < -0.39 is 0 Å². The Balaban J connectivity index is 2.46. The highest BCUT2D eigenvalue weighted by molar-refractivity contribution is 9.10. The molecule has 2 aromatic rings. The molecule has 0 amide bonds. The molecule has 0 radical (unpaired) electrons. The van der Waals surface area contributed by atoms with Gasteiger partial charge in [-0.2, -0.15) is 0 Å². The molecule has 0 fully saturated rings. The molecule has 0 unspecified atom stereocenters. The van der Waals surface area contributed by atoms with Gasteiger partial charge in [-0.15, -0.1) is 0 Å². The predicted molar refractivity (Wildman–Crippen MR) is 60.3 cm³/mol. The molecule has 0 saturated carbocycles. The van der Waals surface area contributed by atoms with Crippen LogP contribution in [0.15, 0.2) is 29.3 Å². The van der Waals surface area contributed by atoms with Gasteiger partial charge >= 0.3 is 0 Å². The number of rotatable bonds is 2. The van der Waals surface area contributed by atoms with Crippen molar-refractivity contribution in [2.75, 3.05) is 12.4 Å². The molecule has 0 saturated heterocycles. The molecule has 0 aliphatic heterocycles. The standard InChI is InChI=1S/C9H8BrN5/c1-11-8-6(10)4-14-9(15-8)7-5-12-2-3-13-7/h2-5H,1H3,(H,11,14,15). The smallest absolute Gasteiger partial charge is 0.181 e. The summed E-state index contributed by atoms with van der Waals surface area (Å²) in [5.41, 5.74) is 0.654. The molecule has 2 rings (SSSR count). The quantitative estimate of drug-likeness (QED) is 0.896. The van der Waals surface area contributed by atoms with Gasteiger partial charge in [0.05, 0.1) is 10.7 Å². The molecule has 6 heteroatoms. The first-order valence-corrected chi connectivity index (χ1v) is 5.07. The van der Waals surface area contributed by atoms with Gasteiger partial charge < -0.3 is 5.32 Å². The van der Waals surface area contributed by atoms with Gasteiger partial charge in [-0.3, -0.25) is 4.98 Å².